The first-order chi connectivity index (χ1) is 9.97. The lowest BCUT2D eigenvalue weighted by molar-refractivity contribution is 0.884. The number of nitrogens with zero attached hydrogens (tertiary/aromatic N) is 2. The van der Waals surface area contributed by atoms with Crippen LogP contribution in [0.25, 0.3) is 0 Å². The number of anilines is 3. The number of hydrogen-bond donors (Lipinski definition) is 1. The van der Waals surface area contributed by atoms with E-state index in [-0.39, 0.29) is 6.04 Å². The summed E-state index contributed by atoms with van der Waals surface area (Å²) in [4.78, 5) is 4.22. The summed E-state index contributed by atoms with van der Waals surface area (Å²) in [5, 5.41) is 3.54. The third-order valence-corrected chi connectivity index (χ3v) is 3.68. The quantitative estimate of drug-likeness (QED) is 0.895. The van der Waals surface area contributed by atoms with Crippen molar-refractivity contribution in [3.8, 4) is 0 Å². The van der Waals surface area contributed by atoms with E-state index in [4.69, 9.17) is 0 Å². The van der Waals surface area contributed by atoms with E-state index in [1.165, 1.54) is 16.9 Å². The fourth-order valence-electron chi connectivity index (χ4n) is 2.25. The number of benzene rings is 2. The first kappa shape index (κ1) is 15.2. The Bertz CT molecular complexity index is 556. The molecule has 0 heterocycles. The molecule has 2 aromatic rings. The molecule has 3 nitrogen and oxygen atoms in total. The Kier molecular flexibility index (Phi) is 4.73. The fourth-order valence-corrected chi connectivity index (χ4v) is 2.25. The molecule has 0 spiro atoms. The average molecular weight is 283 g/mol. The summed E-state index contributed by atoms with van der Waals surface area (Å²) >= 11 is 0. The Labute approximate surface area is 128 Å². The van der Waals surface area contributed by atoms with Crippen LogP contribution in [0.5, 0.6) is 0 Å². The monoisotopic (exact) mass is 283 g/mol. The van der Waals surface area contributed by atoms with Crippen molar-refractivity contribution in [1.82, 2.24) is 0 Å². The molecule has 0 aliphatic rings. The van der Waals surface area contributed by atoms with Gasteiger partial charge in [-0.3, -0.25) is 0 Å². The van der Waals surface area contributed by atoms with Crippen molar-refractivity contribution in [3.63, 3.8) is 0 Å². The van der Waals surface area contributed by atoms with Crippen LogP contribution in [-0.4, -0.2) is 28.2 Å². The van der Waals surface area contributed by atoms with Crippen molar-refractivity contribution >= 4 is 17.1 Å². The summed E-state index contributed by atoms with van der Waals surface area (Å²) in [6.07, 6.45) is 0. The van der Waals surface area contributed by atoms with Crippen molar-refractivity contribution in [2.24, 2.45) is 0 Å². The lowest BCUT2D eigenvalue weighted by Crippen LogP contribution is -2.10. The molecule has 1 N–H and O–H groups in total. The third kappa shape index (κ3) is 3.91. The third-order valence-electron chi connectivity index (χ3n) is 3.68. The maximum atomic E-state index is 3.54. The molecule has 3 heteroatoms. The van der Waals surface area contributed by atoms with E-state index < -0.39 is 0 Å². The van der Waals surface area contributed by atoms with Gasteiger partial charge in [-0.25, -0.2) is 0 Å². The highest BCUT2D eigenvalue weighted by Gasteiger charge is 2.06. The van der Waals surface area contributed by atoms with Gasteiger partial charge >= 0.3 is 0 Å². The Hall–Kier alpha value is -2.16. The van der Waals surface area contributed by atoms with Crippen LogP contribution in [0.2, 0.25) is 0 Å². The predicted octanol–water partition coefficient (Wildman–Crippen LogP) is 3.99. The van der Waals surface area contributed by atoms with Crippen LogP contribution in [0.1, 0.15) is 18.5 Å². The molecule has 1 atom stereocenters. The van der Waals surface area contributed by atoms with E-state index in [9.17, 15) is 0 Å². The Morgan fingerprint density at radius 1 is 0.714 bits per heavy atom. The second-order valence-corrected chi connectivity index (χ2v) is 5.79. The number of rotatable bonds is 5. The molecule has 0 fully saturated rings. The highest BCUT2D eigenvalue weighted by molar-refractivity contribution is 5.55. The molecule has 21 heavy (non-hydrogen) atoms. The molecule has 0 aliphatic carbocycles. The molecular weight excluding hydrogens is 258 g/mol. The molecule has 112 valence electrons. The molecular formula is C18H25N3. The normalized spacial score (nSPS) is 11.9. The zero-order chi connectivity index (χ0) is 15.4. The van der Waals surface area contributed by atoms with E-state index in [0.29, 0.717) is 0 Å². The topological polar surface area (TPSA) is 18.5 Å². The van der Waals surface area contributed by atoms with Gasteiger partial charge in [-0.15, -0.1) is 0 Å². The second-order valence-electron chi connectivity index (χ2n) is 5.79. The van der Waals surface area contributed by atoms with Crippen molar-refractivity contribution in [2.75, 3.05) is 43.3 Å². The molecule has 0 radical (unpaired) electrons. The summed E-state index contributed by atoms with van der Waals surface area (Å²) in [7, 11) is 8.22. The van der Waals surface area contributed by atoms with Crippen molar-refractivity contribution < 1.29 is 0 Å². The van der Waals surface area contributed by atoms with Crippen molar-refractivity contribution in [1.29, 1.82) is 0 Å². The smallest absolute Gasteiger partial charge is 0.0485 e. The molecule has 0 bridgehead atoms. The lowest BCUT2D eigenvalue weighted by Gasteiger charge is -2.19. The minimum Gasteiger partial charge on any atom is -0.379 e. The van der Waals surface area contributed by atoms with E-state index >= 15 is 0 Å². The van der Waals surface area contributed by atoms with Gasteiger partial charge in [0.15, 0.2) is 0 Å². The van der Waals surface area contributed by atoms with E-state index in [1.807, 2.05) is 0 Å². The Morgan fingerprint density at radius 2 is 1.14 bits per heavy atom. The molecule has 0 saturated heterocycles. The zero-order valence-electron chi connectivity index (χ0n) is 13.6. The SMILES string of the molecule is CC(Nc1ccc(N(C)C)cc1)c1ccc(N(C)C)cc1. The van der Waals surface area contributed by atoms with E-state index in [0.717, 1.165) is 5.69 Å². The fraction of sp³-hybridized carbons (Fsp3) is 0.333. The Balaban J connectivity index is 2.04. The van der Waals surface area contributed by atoms with Gasteiger partial charge in [0, 0.05) is 51.3 Å². The summed E-state index contributed by atoms with van der Waals surface area (Å²) in [5.74, 6) is 0. The second kappa shape index (κ2) is 6.53. The maximum Gasteiger partial charge on any atom is 0.0485 e. The molecule has 2 aromatic carbocycles. The highest BCUT2D eigenvalue weighted by Crippen LogP contribution is 2.23. The average Bonchev–Trinajstić information content (AvgIpc) is 2.47. The minimum absolute atomic E-state index is 0.284. The first-order valence-corrected chi connectivity index (χ1v) is 7.28. The summed E-state index contributed by atoms with van der Waals surface area (Å²) < 4.78 is 0. The van der Waals surface area contributed by atoms with Gasteiger partial charge in [0.05, 0.1) is 0 Å². The van der Waals surface area contributed by atoms with Gasteiger partial charge < -0.3 is 15.1 Å². The van der Waals surface area contributed by atoms with Gasteiger partial charge in [-0.1, -0.05) is 12.1 Å². The molecule has 0 aliphatic heterocycles. The lowest BCUT2D eigenvalue weighted by atomic mass is 10.1. The first-order valence-electron chi connectivity index (χ1n) is 7.28. The molecule has 2 rings (SSSR count). The Morgan fingerprint density at radius 3 is 1.57 bits per heavy atom. The van der Waals surface area contributed by atoms with Gasteiger partial charge in [-0.2, -0.15) is 0 Å². The summed E-state index contributed by atoms with van der Waals surface area (Å²) in [6, 6.07) is 17.5. The largest absolute Gasteiger partial charge is 0.379 e. The van der Waals surface area contributed by atoms with Gasteiger partial charge in [-0.05, 0) is 48.9 Å². The van der Waals surface area contributed by atoms with Crippen LogP contribution >= 0.6 is 0 Å². The van der Waals surface area contributed by atoms with Crippen LogP contribution in [0, 0.1) is 0 Å². The van der Waals surface area contributed by atoms with Crippen LogP contribution < -0.4 is 15.1 Å². The predicted molar refractivity (Wildman–Crippen MR) is 93.6 cm³/mol. The number of hydrogen-bond acceptors (Lipinski definition) is 3. The van der Waals surface area contributed by atoms with E-state index in [1.54, 1.807) is 0 Å². The summed E-state index contributed by atoms with van der Waals surface area (Å²) in [5.41, 5.74) is 4.87. The van der Waals surface area contributed by atoms with Crippen molar-refractivity contribution in [2.45, 2.75) is 13.0 Å². The van der Waals surface area contributed by atoms with Crippen molar-refractivity contribution in [3.05, 3.63) is 54.1 Å². The minimum atomic E-state index is 0.284. The molecule has 0 amide bonds. The van der Waals surface area contributed by atoms with Gasteiger partial charge in [0.1, 0.15) is 0 Å². The molecule has 1 unspecified atom stereocenters. The maximum absolute atomic E-state index is 3.54. The molecule has 0 aromatic heterocycles. The highest BCUT2D eigenvalue weighted by atomic mass is 15.1. The standard InChI is InChI=1S/C18H25N3/c1-14(15-6-10-17(11-7-15)20(2)3)19-16-8-12-18(13-9-16)21(4)5/h6-14,19H,1-5H3. The zero-order valence-corrected chi connectivity index (χ0v) is 13.6. The van der Waals surface area contributed by atoms with E-state index in [2.05, 4.69) is 98.8 Å². The molecule has 0 saturated carbocycles. The van der Waals surface area contributed by atoms with Crippen LogP contribution in [0.15, 0.2) is 48.5 Å². The van der Waals surface area contributed by atoms with Crippen LogP contribution in [0.4, 0.5) is 17.1 Å². The van der Waals surface area contributed by atoms with Crippen LogP contribution in [0.3, 0.4) is 0 Å². The summed E-state index contributed by atoms with van der Waals surface area (Å²) in [6.45, 7) is 2.19. The van der Waals surface area contributed by atoms with Gasteiger partial charge in [0.2, 0.25) is 0 Å². The van der Waals surface area contributed by atoms with Gasteiger partial charge in [0.25, 0.3) is 0 Å². The van der Waals surface area contributed by atoms with Crippen LogP contribution in [-0.2, 0) is 0 Å². The number of nitrogens with one attached hydrogen (secondary N) is 1.